The van der Waals surface area contributed by atoms with Gasteiger partial charge in [0.05, 0.1) is 18.1 Å². The maximum Gasteiger partial charge on any atom is 0.169 e. The lowest BCUT2D eigenvalue weighted by molar-refractivity contribution is 0.414. The van der Waals surface area contributed by atoms with E-state index in [2.05, 4.69) is 24.1 Å². The molecule has 6 nitrogen and oxygen atoms in total. The minimum atomic E-state index is 0.157. The molecule has 6 heteroatoms. The third kappa shape index (κ3) is 3.64. The summed E-state index contributed by atoms with van der Waals surface area (Å²) in [4.78, 5) is 4.68. The number of benzene rings is 1. The summed E-state index contributed by atoms with van der Waals surface area (Å²) in [6, 6.07) is 4.08. The van der Waals surface area contributed by atoms with Gasteiger partial charge >= 0.3 is 0 Å². The smallest absolute Gasteiger partial charge is 0.169 e. The monoisotopic (exact) mass is 317 g/mol. The van der Waals surface area contributed by atoms with Crippen molar-refractivity contribution in [3.8, 4) is 5.75 Å². The van der Waals surface area contributed by atoms with Crippen molar-refractivity contribution in [2.75, 3.05) is 25.5 Å². The van der Waals surface area contributed by atoms with E-state index < -0.39 is 0 Å². The van der Waals surface area contributed by atoms with Crippen LogP contribution in [0.3, 0.4) is 0 Å². The number of methoxy groups -OCH3 is 1. The van der Waals surface area contributed by atoms with Crippen molar-refractivity contribution in [2.45, 2.75) is 39.7 Å². The molecule has 2 aromatic rings. The van der Waals surface area contributed by atoms with Crippen LogP contribution in [0.4, 0.5) is 5.82 Å². The second-order valence-corrected chi connectivity index (χ2v) is 6.01. The average molecular weight is 317 g/mol. The molecule has 1 aromatic heterocycles. The minimum Gasteiger partial charge on any atom is -0.497 e. The Morgan fingerprint density at radius 3 is 2.70 bits per heavy atom. The van der Waals surface area contributed by atoms with Gasteiger partial charge in [0.2, 0.25) is 0 Å². The highest BCUT2D eigenvalue weighted by Gasteiger charge is 2.13. The fraction of sp³-hybridized carbons (Fsp3) is 0.529. The molecule has 0 unspecified atom stereocenters. The van der Waals surface area contributed by atoms with Crippen molar-refractivity contribution in [3.05, 3.63) is 23.2 Å². The van der Waals surface area contributed by atoms with E-state index in [1.165, 1.54) is 0 Å². The van der Waals surface area contributed by atoms with E-state index in [4.69, 9.17) is 15.9 Å². The summed E-state index contributed by atoms with van der Waals surface area (Å²) in [5.74, 6) is 1.41. The van der Waals surface area contributed by atoms with Gasteiger partial charge in [-0.05, 0) is 51.8 Å². The van der Waals surface area contributed by atoms with E-state index in [0.29, 0.717) is 17.9 Å². The van der Waals surface area contributed by atoms with Crippen molar-refractivity contribution < 1.29 is 4.74 Å². The number of rotatable bonds is 7. The molecule has 0 radical (unpaired) electrons. The van der Waals surface area contributed by atoms with Crippen LogP contribution in [-0.2, 0) is 0 Å². The number of unbranched alkanes of at least 4 members (excludes halogenated alkanes) is 1. The van der Waals surface area contributed by atoms with Crippen molar-refractivity contribution in [1.29, 1.82) is 5.41 Å². The minimum absolute atomic E-state index is 0.157. The van der Waals surface area contributed by atoms with Crippen LogP contribution in [0.5, 0.6) is 5.75 Å². The Hall–Kier alpha value is -2.08. The van der Waals surface area contributed by atoms with Gasteiger partial charge < -0.3 is 20.4 Å². The number of aryl methyl sites for hydroxylation is 1. The molecule has 0 aliphatic rings. The van der Waals surface area contributed by atoms with Gasteiger partial charge in [-0.15, -0.1) is 0 Å². The predicted octanol–water partition coefficient (Wildman–Crippen LogP) is 2.56. The molecule has 0 spiro atoms. The highest BCUT2D eigenvalue weighted by atomic mass is 16.5. The molecular weight excluding hydrogens is 290 g/mol. The van der Waals surface area contributed by atoms with E-state index in [9.17, 15) is 0 Å². The highest BCUT2D eigenvalue weighted by molar-refractivity contribution is 5.81. The summed E-state index contributed by atoms with van der Waals surface area (Å²) in [6.45, 7) is 7.62. The van der Waals surface area contributed by atoms with E-state index in [0.717, 1.165) is 41.7 Å². The molecule has 1 aromatic carbocycles. The highest BCUT2D eigenvalue weighted by Crippen LogP contribution is 2.25. The second-order valence-electron chi connectivity index (χ2n) is 6.01. The van der Waals surface area contributed by atoms with Gasteiger partial charge in [0, 0.05) is 18.7 Å². The standard InChI is InChI=1S/C17H27N5O/c1-11(2)22-14-10-13(23-4)9-12(3)15(14)21-17(16(22)19)20-8-6-5-7-18/h9-11,19H,5-8,18H2,1-4H3,(H,20,21). The van der Waals surface area contributed by atoms with Gasteiger partial charge in [-0.25, -0.2) is 4.98 Å². The first-order valence-corrected chi connectivity index (χ1v) is 8.09. The predicted molar refractivity (Wildman–Crippen MR) is 94.0 cm³/mol. The lowest BCUT2D eigenvalue weighted by atomic mass is 10.1. The number of nitrogens with one attached hydrogen (secondary N) is 2. The Balaban J connectivity index is 2.56. The number of anilines is 1. The molecule has 0 saturated heterocycles. The summed E-state index contributed by atoms with van der Waals surface area (Å²) in [7, 11) is 1.66. The van der Waals surface area contributed by atoms with Crippen LogP contribution in [-0.4, -0.2) is 29.8 Å². The van der Waals surface area contributed by atoms with Crippen LogP contribution in [0.2, 0.25) is 0 Å². The summed E-state index contributed by atoms with van der Waals surface area (Å²) < 4.78 is 7.36. The molecule has 126 valence electrons. The second kappa shape index (κ2) is 7.46. The molecule has 2 rings (SSSR count). The van der Waals surface area contributed by atoms with Crippen LogP contribution in [0.1, 0.15) is 38.3 Å². The van der Waals surface area contributed by atoms with Gasteiger partial charge in [0.15, 0.2) is 11.3 Å². The lowest BCUT2D eigenvalue weighted by Gasteiger charge is -2.19. The van der Waals surface area contributed by atoms with Crippen molar-refractivity contribution in [2.24, 2.45) is 5.73 Å². The van der Waals surface area contributed by atoms with Crippen LogP contribution in [0.15, 0.2) is 12.1 Å². The lowest BCUT2D eigenvalue weighted by Crippen LogP contribution is -2.27. The van der Waals surface area contributed by atoms with Crippen LogP contribution in [0.25, 0.3) is 11.0 Å². The van der Waals surface area contributed by atoms with Crippen molar-refractivity contribution >= 4 is 16.9 Å². The maximum absolute atomic E-state index is 8.51. The SMILES string of the molecule is COc1cc(C)c2nc(NCCCCN)c(=N)n(C(C)C)c2c1. The summed E-state index contributed by atoms with van der Waals surface area (Å²) in [5.41, 5.74) is 8.79. The summed E-state index contributed by atoms with van der Waals surface area (Å²) in [6.07, 6.45) is 1.94. The Labute approximate surface area is 137 Å². The summed E-state index contributed by atoms with van der Waals surface area (Å²) in [5, 5.41) is 11.8. The first-order valence-electron chi connectivity index (χ1n) is 8.09. The largest absolute Gasteiger partial charge is 0.497 e. The van der Waals surface area contributed by atoms with Gasteiger partial charge in [-0.1, -0.05) is 0 Å². The molecule has 1 heterocycles. The van der Waals surface area contributed by atoms with Crippen LogP contribution in [0, 0.1) is 12.3 Å². The Morgan fingerprint density at radius 1 is 1.35 bits per heavy atom. The molecule has 0 aliphatic heterocycles. The van der Waals surface area contributed by atoms with Crippen molar-refractivity contribution in [3.63, 3.8) is 0 Å². The number of hydrogen-bond donors (Lipinski definition) is 3. The first kappa shape index (κ1) is 17.3. The van der Waals surface area contributed by atoms with Crippen LogP contribution >= 0.6 is 0 Å². The zero-order valence-corrected chi connectivity index (χ0v) is 14.4. The van der Waals surface area contributed by atoms with Gasteiger partial charge in [0.25, 0.3) is 0 Å². The molecular formula is C17H27N5O. The molecule has 0 amide bonds. The number of fused-ring (bicyclic) bond motifs is 1. The molecule has 0 aliphatic carbocycles. The quantitative estimate of drug-likeness (QED) is 0.685. The zero-order valence-electron chi connectivity index (χ0n) is 14.4. The number of nitrogens with zero attached hydrogens (tertiary/aromatic N) is 2. The van der Waals surface area contributed by atoms with Gasteiger partial charge in [-0.3, -0.25) is 5.41 Å². The van der Waals surface area contributed by atoms with Crippen LogP contribution < -0.4 is 21.3 Å². The number of nitrogens with two attached hydrogens (primary N) is 1. The Kier molecular flexibility index (Phi) is 5.60. The number of hydrogen-bond acceptors (Lipinski definition) is 5. The first-order chi connectivity index (χ1) is 11.0. The molecule has 0 fully saturated rings. The van der Waals surface area contributed by atoms with Gasteiger partial charge in [0.1, 0.15) is 5.75 Å². The van der Waals surface area contributed by atoms with E-state index in [-0.39, 0.29) is 6.04 Å². The molecule has 4 N–H and O–H groups in total. The average Bonchev–Trinajstić information content (AvgIpc) is 2.51. The molecule has 0 bridgehead atoms. The summed E-state index contributed by atoms with van der Waals surface area (Å²) >= 11 is 0. The van der Waals surface area contributed by atoms with E-state index >= 15 is 0 Å². The molecule has 23 heavy (non-hydrogen) atoms. The zero-order chi connectivity index (χ0) is 17.0. The third-order valence-electron chi connectivity index (χ3n) is 3.88. The Bertz CT molecular complexity index is 736. The van der Waals surface area contributed by atoms with E-state index in [1.807, 2.05) is 23.6 Å². The molecule has 0 atom stereocenters. The maximum atomic E-state index is 8.51. The third-order valence-corrected chi connectivity index (χ3v) is 3.88. The molecule has 0 saturated carbocycles. The number of aromatic nitrogens is 2. The fourth-order valence-electron chi connectivity index (χ4n) is 2.71. The normalized spacial score (nSPS) is 11.2. The van der Waals surface area contributed by atoms with Gasteiger partial charge in [-0.2, -0.15) is 0 Å². The topological polar surface area (TPSA) is 89.0 Å². The fourth-order valence-corrected chi connectivity index (χ4v) is 2.71. The Morgan fingerprint density at radius 2 is 2.09 bits per heavy atom. The van der Waals surface area contributed by atoms with Crippen molar-refractivity contribution in [1.82, 2.24) is 9.55 Å². The number of ether oxygens (including phenoxy) is 1. The van der Waals surface area contributed by atoms with E-state index in [1.54, 1.807) is 7.11 Å².